The Labute approximate surface area is 143 Å². The Morgan fingerprint density at radius 2 is 1.65 bits per heavy atom. The van der Waals surface area contributed by atoms with Gasteiger partial charge in [0, 0.05) is 13.0 Å². The van der Waals surface area contributed by atoms with Crippen LogP contribution in [0.15, 0.2) is 0 Å². The van der Waals surface area contributed by atoms with E-state index in [0.29, 0.717) is 11.3 Å². The summed E-state index contributed by atoms with van der Waals surface area (Å²) in [6, 6.07) is 0. The molecule has 4 heteroatoms. The first-order valence-electron chi connectivity index (χ1n) is 9.16. The van der Waals surface area contributed by atoms with E-state index in [4.69, 9.17) is 9.16 Å². The molecule has 0 bridgehead atoms. The lowest BCUT2D eigenvalue weighted by Gasteiger charge is -2.60. The first-order chi connectivity index (χ1) is 10.4. The van der Waals surface area contributed by atoms with E-state index in [2.05, 4.69) is 40.4 Å². The molecule has 0 aliphatic heterocycles. The van der Waals surface area contributed by atoms with E-state index >= 15 is 0 Å². The molecular formula is C19H36O3Si. The van der Waals surface area contributed by atoms with Crippen LogP contribution in [-0.2, 0) is 14.0 Å². The summed E-state index contributed by atoms with van der Waals surface area (Å²) in [5, 5.41) is 0. The third-order valence-corrected chi connectivity index (χ3v) is 7.03. The van der Waals surface area contributed by atoms with Crippen LogP contribution in [0.5, 0.6) is 0 Å². The molecule has 2 atom stereocenters. The van der Waals surface area contributed by atoms with Crippen LogP contribution in [0, 0.1) is 17.3 Å². The predicted octanol–water partition coefficient (Wildman–Crippen LogP) is 4.81. The maximum absolute atomic E-state index is 12.9. The molecule has 2 aliphatic rings. The van der Waals surface area contributed by atoms with Crippen molar-refractivity contribution in [2.24, 2.45) is 17.3 Å². The Kier molecular flexibility index (Phi) is 4.96. The van der Waals surface area contributed by atoms with Gasteiger partial charge in [0.05, 0.1) is 0 Å². The zero-order valence-corrected chi connectivity index (χ0v) is 17.4. The normalized spacial score (nSPS) is 39.2. The standard InChI is InChI=1S/C19H36O3Si/c1-14-13-19(16(14)20,22-23(6,7)8)18(21-5)11-9-15(10-12-18)17(2,3)4/h14-15H,9-13H2,1-8H3/t14-,15?,18?,19+/m1/s1. The summed E-state index contributed by atoms with van der Waals surface area (Å²) in [4.78, 5) is 12.9. The van der Waals surface area contributed by atoms with Crippen LogP contribution in [0.25, 0.3) is 0 Å². The molecule has 0 amide bonds. The minimum atomic E-state index is -1.84. The smallest absolute Gasteiger partial charge is 0.185 e. The van der Waals surface area contributed by atoms with Gasteiger partial charge in [-0.1, -0.05) is 27.7 Å². The lowest BCUT2D eigenvalue weighted by atomic mass is 9.55. The fourth-order valence-electron chi connectivity index (χ4n) is 4.73. The number of carbonyl (C=O) groups is 1. The number of carbonyl (C=O) groups excluding carboxylic acids is 1. The van der Waals surface area contributed by atoms with Gasteiger partial charge in [-0.3, -0.25) is 4.79 Å². The highest BCUT2D eigenvalue weighted by molar-refractivity contribution is 6.70. The summed E-state index contributed by atoms with van der Waals surface area (Å²) in [7, 11) is -0.0547. The largest absolute Gasteiger partial charge is 0.403 e. The first kappa shape index (κ1) is 19.1. The van der Waals surface area contributed by atoms with E-state index in [-0.39, 0.29) is 11.7 Å². The Morgan fingerprint density at radius 1 is 1.13 bits per heavy atom. The molecule has 0 aromatic rings. The average molecular weight is 341 g/mol. The number of hydrogen-bond donors (Lipinski definition) is 0. The van der Waals surface area contributed by atoms with Crippen LogP contribution in [0.1, 0.15) is 59.8 Å². The lowest BCUT2D eigenvalue weighted by molar-refractivity contribution is -0.218. The van der Waals surface area contributed by atoms with E-state index in [1.54, 1.807) is 7.11 Å². The second kappa shape index (κ2) is 5.96. The van der Waals surface area contributed by atoms with E-state index in [0.717, 1.165) is 32.1 Å². The minimum Gasteiger partial charge on any atom is -0.403 e. The average Bonchev–Trinajstić information content (AvgIpc) is 2.43. The first-order valence-corrected chi connectivity index (χ1v) is 12.6. The lowest BCUT2D eigenvalue weighted by Crippen LogP contribution is -2.73. The maximum Gasteiger partial charge on any atom is 0.185 e. The van der Waals surface area contributed by atoms with Gasteiger partial charge in [-0.05, 0) is 63.1 Å². The minimum absolute atomic E-state index is 0.110. The molecule has 2 rings (SSSR count). The highest BCUT2D eigenvalue weighted by Crippen LogP contribution is 2.55. The quantitative estimate of drug-likeness (QED) is 0.689. The van der Waals surface area contributed by atoms with Crippen LogP contribution in [-0.4, -0.2) is 32.4 Å². The fourth-order valence-corrected chi connectivity index (χ4v) is 6.15. The van der Waals surface area contributed by atoms with E-state index in [9.17, 15) is 4.79 Å². The van der Waals surface area contributed by atoms with Crippen molar-refractivity contribution in [2.75, 3.05) is 7.11 Å². The monoisotopic (exact) mass is 340 g/mol. The van der Waals surface area contributed by atoms with Crippen molar-refractivity contribution in [1.82, 2.24) is 0 Å². The molecule has 0 aromatic heterocycles. The number of hydrogen-bond acceptors (Lipinski definition) is 3. The summed E-state index contributed by atoms with van der Waals surface area (Å²) in [6.07, 6.45) is 4.94. The predicted molar refractivity (Wildman–Crippen MR) is 97.1 cm³/mol. The summed E-state index contributed by atoms with van der Waals surface area (Å²) < 4.78 is 12.7. The second-order valence-electron chi connectivity index (χ2n) is 9.85. The van der Waals surface area contributed by atoms with Gasteiger partial charge >= 0.3 is 0 Å². The number of ether oxygens (including phenoxy) is 1. The Hall–Kier alpha value is -0.193. The molecule has 23 heavy (non-hydrogen) atoms. The van der Waals surface area contributed by atoms with Crippen LogP contribution < -0.4 is 0 Å². The highest BCUT2D eigenvalue weighted by Gasteiger charge is 2.66. The summed E-state index contributed by atoms with van der Waals surface area (Å²) in [5.41, 5.74) is -0.781. The number of Topliss-reactive ketones (excluding diaryl/α,β-unsaturated/α-hetero) is 1. The maximum atomic E-state index is 12.9. The van der Waals surface area contributed by atoms with Gasteiger partial charge in [-0.25, -0.2) is 0 Å². The van der Waals surface area contributed by atoms with E-state index in [1.807, 2.05) is 6.92 Å². The van der Waals surface area contributed by atoms with Gasteiger partial charge in [0.1, 0.15) is 11.2 Å². The fraction of sp³-hybridized carbons (Fsp3) is 0.947. The summed E-state index contributed by atoms with van der Waals surface area (Å²) in [6.45, 7) is 15.5. The van der Waals surface area contributed by atoms with Gasteiger partial charge in [0.15, 0.2) is 14.1 Å². The van der Waals surface area contributed by atoms with Crippen LogP contribution in [0.2, 0.25) is 19.6 Å². The molecule has 134 valence electrons. The van der Waals surface area contributed by atoms with Crippen LogP contribution >= 0.6 is 0 Å². The second-order valence-corrected chi connectivity index (χ2v) is 14.3. The molecule has 2 saturated carbocycles. The topological polar surface area (TPSA) is 35.5 Å². The number of methoxy groups -OCH3 is 1. The van der Waals surface area contributed by atoms with Crippen molar-refractivity contribution in [3.63, 3.8) is 0 Å². The molecule has 0 aromatic carbocycles. The zero-order chi connectivity index (χ0) is 17.7. The van der Waals surface area contributed by atoms with Crippen LogP contribution in [0.3, 0.4) is 0 Å². The van der Waals surface area contributed by atoms with Gasteiger partial charge in [0.25, 0.3) is 0 Å². The molecule has 0 radical (unpaired) electrons. The Morgan fingerprint density at radius 3 is 1.96 bits per heavy atom. The van der Waals surface area contributed by atoms with Crippen molar-refractivity contribution >= 4 is 14.1 Å². The number of rotatable bonds is 4. The molecule has 0 spiro atoms. The Balaban J connectivity index is 2.28. The number of ketones is 1. The molecule has 2 aliphatic carbocycles. The zero-order valence-electron chi connectivity index (χ0n) is 16.4. The van der Waals surface area contributed by atoms with Crippen molar-refractivity contribution in [1.29, 1.82) is 0 Å². The van der Waals surface area contributed by atoms with Crippen molar-refractivity contribution < 1.29 is 14.0 Å². The van der Waals surface area contributed by atoms with E-state index in [1.165, 1.54) is 0 Å². The molecule has 0 saturated heterocycles. The summed E-state index contributed by atoms with van der Waals surface area (Å²) >= 11 is 0. The molecule has 0 unspecified atom stereocenters. The van der Waals surface area contributed by atoms with Crippen molar-refractivity contribution in [3.8, 4) is 0 Å². The molecule has 3 nitrogen and oxygen atoms in total. The third-order valence-electron chi connectivity index (χ3n) is 6.06. The molecular weight excluding hydrogens is 304 g/mol. The van der Waals surface area contributed by atoms with Crippen LogP contribution in [0.4, 0.5) is 0 Å². The SMILES string of the molecule is COC1([C@]2(O[Si](C)(C)C)C[C@@H](C)C2=O)CCC(C(C)(C)C)CC1. The van der Waals surface area contributed by atoms with Crippen molar-refractivity contribution in [2.45, 2.75) is 90.6 Å². The van der Waals surface area contributed by atoms with Gasteiger partial charge in [-0.15, -0.1) is 0 Å². The molecule has 2 fully saturated rings. The highest BCUT2D eigenvalue weighted by atomic mass is 28.4. The molecule has 0 N–H and O–H groups in total. The van der Waals surface area contributed by atoms with Crippen molar-refractivity contribution in [3.05, 3.63) is 0 Å². The van der Waals surface area contributed by atoms with Gasteiger partial charge < -0.3 is 9.16 Å². The van der Waals surface area contributed by atoms with E-state index < -0.39 is 19.5 Å². The molecule has 0 heterocycles. The third kappa shape index (κ3) is 3.31. The Bertz CT molecular complexity index is 452. The van der Waals surface area contributed by atoms with Gasteiger partial charge in [-0.2, -0.15) is 0 Å². The summed E-state index contributed by atoms with van der Waals surface area (Å²) in [5.74, 6) is 1.08. The van der Waals surface area contributed by atoms with Gasteiger partial charge in [0.2, 0.25) is 0 Å².